The summed E-state index contributed by atoms with van der Waals surface area (Å²) in [6.45, 7) is 3.92. The van der Waals surface area contributed by atoms with Crippen molar-refractivity contribution < 1.29 is 19.4 Å². The third-order valence-electron chi connectivity index (χ3n) is 3.22. The molecular weight excluding hydrogens is 344 g/mol. The fraction of sp³-hybridized carbons (Fsp3) is 0.222. The predicted octanol–water partition coefficient (Wildman–Crippen LogP) is 3.28. The zero-order chi connectivity index (χ0) is 18.2. The van der Waals surface area contributed by atoms with Crippen molar-refractivity contribution in [3.8, 4) is 17.2 Å². The maximum absolute atomic E-state index is 11.7. The molecule has 2 rings (SSSR count). The number of halogens is 1. The largest absolute Gasteiger partial charge is 0.504 e. The number of nitrogens with one attached hydrogen (secondary N) is 1. The van der Waals surface area contributed by atoms with Crippen molar-refractivity contribution >= 4 is 23.7 Å². The molecule has 0 bridgehead atoms. The number of carbonyl (C=O) groups is 1. The Balaban J connectivity index is 1.88. The smallest absolute Gasteiger partial charge is 0.277 e. The number of aryl methyl sites for hydroxylation is 1. The van der Waals surface area contributed by atoms with Crippen molar-refractivity contribution in [2.45, 2.75) is 13.8 Å². The summed E-state index contributed by atoms with van der Waals surface area (Å²) in [7, 11) is 0. The molecule has 0 atom stereocenters. The first-order valence-electron chi connectivity index (χ1n) is 7.67. The van der Waals surface area contributed by atoms with Gasteiger partial charge in [-0.1, -0.05) is 17.7 Å². The molecule has 0 aromatic heterocycles. The fourth-order valence-corrected chi connectivity index (χ4v) is 2.09. The lowest BCUT2D eigenvalue weighted by molar-refractivity contribution is -0.123. The Morgan fingerprint density at radius 1 is 1.32 bits per heavy atom. The van der Waals surface area contributed by atoms with E-state index in [9.17, 15) is 9.90 Å². The number of aromatic hydroxyl groups is 1. The molecule has 0 heterocycles. The van der Waals surface area contributed by atoms with Gasteiger partial charge in [-0.15, -0.1) is 0 Å². The summed E-state index contributed by atoms with van der Waals surface area (Å²) in [6, 6.07) is 10.2. The molecule has 0 fully saturated rings. The van der Waals surface area contributed by atoms with E-state index in [1.807, 2.05) is 13.8 Å². The van der Waals surface area contributed by atoms with Crippen LogP contribution in [0.5, 0.6) is 17.2 Å². The molecule has 0 aliphatic heterocycles. The number of phenols is 1. The highest BCUT2D eigenvalue weighted by molar-refractivity contribution is 6.31. The minimum absolute atomic E-state index is 0.0322. The van der Waals surface area contributed by atoms with Crippen molar-refractivity contribution in [2.75, 3.05) is 13.2 Å². The molecule has 25 heavy (non-hydrogen) atoms. The van der Waals surface area contributed by atoms with Crippen LogP contribution >= 0.6 is 11.6 Å². The van der Waals surface area contributed by atoms with Crippen LogP contribution in [0.4, 0.5) is 0 Å². The van der Waals surface area contributed by atoms with Gasteiger partial charge in [0.05, 0.1) is 12.8 Å². The highest BCUT2D eigenvalue weighted by atomic mass is 35.5. The molecule has 0 saturated heterocycles. The second-order valence-corrected chi connectivity index (χ2v) is 5.53. The lowest BCUT2D eigenvalue weighted by atomic mass is 10.2. The molecule has 6 nitrogen and oxygen atoms in total. The lowest BCUT2D eigenvalue weighted by Crippen LogP contribution is -2.24. The topological polar surface area (TPSA) is 80.2 Å². The zero-order valence-corrected chi connectivity index (χ0v) is 14.7. The number of nitrogens with zero attached hydrogens (tertiary/aromatic N) is 1. The number of phenolic OH excluding ortho intramolecular Hbond substituents is 1. The Bertz CT molecular complexity index is 778. The van der Waals surface area contributed by atoms with Crippen LogP contribution in [-0.2, 0) is 4.79 Å². The van der Waals surface area contributed by atoms with Crippen molar-refractivity contribution in [1.29, 1.82) is 0 Å². The molecule has 1 amide bonds. The van der Waals surface area contributed by atoms with Crippen molar-refractivity contribution in [1.82, 2.24) is 5.43 Å². The summed E-state index contributed by atoms with van der Waals surface area (Å²) in [5, 5.41) is 14.5. The van der Waals surface area contributed by atoms with Gasteiger partial charge < -0.3 is 14.6 Å². The van der Waals surface area contributed by atoms with Gasteiger partial charge in [-0.05, 0) is 49.7 Å². The van der Waals surface area contributed by atoms with E-state index >= 15 is 0 Å². The molecule has 0 aliphatic rings. The molecule has 0 unspecified atom stereocenters. The lowest BCUT2D eigenvalue weighted by Gasteiger charge is -2.08. The average molecular weight is 363 g/mol. The summed E-state index contributed by atoms with van der Waals surface area (Å²) in [5.41, 5.74) is 3.63. The molecule has 132 valence electrons. The molecular formula is C18H19ClN2O4. The molecule has 0 aliphatic carbocycles. The first kappa shape index (κ1) is 18.6. The number of carbonyl (C=O) groups excluding carboxylic acids is 1. The van der Waals surface area contributed by atoms with Gasteiger partial charge >= 0.3 is 0 Å². The van der Waals surface area contributed by atoms with Crippen LogP contribution in [0.15, 0.2) is 41.5 Å². The Kier molecular flexibility index (Phi) is 6.65. The van der Waals surface area contributed by atoms with Crippen LogP contribution in [0.1, 0.15) is 18.1 Å². The SMILES string of the molecule is CCOc1cccc(/C=N/NC(=O)COc2ccc(Cl)c(C)c2)c1O. The van der Waals surface area contributed by atoms with Gasteiger partial charge in [-0.25, -0.2) is 5.43 Å². The highest BCUT2D eigenvalue weighted by Crippen LogP contribution is 2.28. The van der Waals surface area contributed by atoms with Gasteiger partial charge in [0, 0.05) is 10.6 Å². The van der Waals surface area contributed by atoms with E-state index in [4.69, 9.17) is 21.1 Å². The Hall–Kier alpha value is -2.73. The van der Waals surface area contributed by atoms with Crippen LogP contribution in [0, 0.1) is 6.92 Å². The van der Waals surface area contributed by atoms with Gasteiger partial charge in [0.2, 0.25) is 0 Å². The number of para-hydroxylation sites is 1. The van der Waals surface area contributed by atoms with Crippen LogP contribution < -0.4 is 14.9 Å². The van der Waals surface area contributed by atoms with Crippen LogP contribution in [0.3, 0.4) is 0 Å². The highest BCUT2D eigenvalue weighted by Gasteiger charge is 2.06. The number of hydrogen-bond donors (Lipinski definition) is 2. The zero-order valence-electron chi connectivity index (χ0n) is 14.0. The molecule has 2 N–H and O–H groups in total. The van der Waals surface area contributed by atoms with Crippen LogP contribution in [0.2, 0.25) is 5.02 Å². The van der Waals surface area contributed by atoms with Gasteiger partial charge in [0.15, 0.2) is 18.1 Å². The number of hydrazone groups is 1. The summed E-state index contributed by atoms with van der Waals surface area (Å²) in [5.74, 6) is 0.446. The molecule has 0 saturated carbocycles. The summed E-state index contributed by atoms with van der Waals surface area (Å²) >= 11 is 5.93. The van der Waals surface area contributed by atoms with E-state index in [0.717, 1.165) is 5.56 Å². The third-order valence-corrected chi connectivity index (χ3v) is 3.65. The number of amides is 1. The van der Waals surface area contributed by atoms with Gasteiger partial charge in [0.25, 0.3) is 5.91 Å². The Labute approximate surface area is 151 Å². The molecule has 2 aromatic carbocycles. The number of rotatable bonds is 7. The van der Waals surface area contributed by atoms with E-state index in [-0.39, 0.29) is 12.4 Å². The van der Waals surface area contributed by atoms with E-state index in [2.05, 4.69) is 10.5 Å². The van der Waals surface area contributed by atoms with E-state index in [0.29, 0.717) is 28.7 Å². The van der Waals surface area contributed by atoms with Gasteiger partial charge in [0.1, 0.15) is 5.75 Å². The van der Waals surface area contributed by atoms with Crippen molar-refractivity contribution in [3.05, 3.63) is 52.5 Å². The van der Waals surface area contributed by atoms with E-state index in [1.54, 1.807) is 36.4 Å². The van der Waals surface area contributed by atoms with Crippen molar-refractivity contribution in [2.24, 2.45) is 5.10 Å². The van der Waals surface area contributed by atoms with E-state index < -0.39 is 5.91 Å². The first-order chi connectivity index (χ1) is 12.0. The summed E-state index contributed by atoms with van der Waals surface area (Å²) in [4.78, 5) is 11.7. The summed E-state index contributed by atoms with van der Waals surface area (Å²) < 4.78 is 10.6. The summed E-state index contributed by atoms with van der Waals surface area (Å²) in [6.07, 6.45) is 1.34. The van der Waals surface area contributed by atoms with Crippen LogP contribution in [0.25, 0.3) is 0 Å². The Morgan fingerprint density at radius 3 is 2.84 bits per heavy atom. The maximum atomic E-state index is 11.7. The minimum atomic E-state index is -0.427. The Morgan fingerprint density at radius 2 is 2.12 bits per heavy atom. The third kappa shape index (κ3) is 5.39. The van der Waals surface area contributed by atoms with Crippen molar-refractivity contribution in [3.63, 3.8) is 0 Å². The molecule has 7 heteroatoms. The molecule has 0 radical (unpaired) electrons. The number of hydrogen-bond acceptors (Lipinski definition) is 5. The standard InChI is InChI=1S/C18H19ClN2O4/c1-3-24-16-6-4-5-13(18(16)23)10-20-21-17(22)11-25-14-7-8-15(19)12(2)9-14/h4-10,23H,3,11H2,1-2H3,(H,21,22)/b20-10+. The average Bonchev–Trinajstić information content (AvgIpc) is 2.59. The van der Waals surface area contributed by atoms with E-state index in [1.165, 1.54) is 6.21 Å². The minimum Gasteiger partial charge on any atom is -0.504 e. The first-order valence-corrected chi connectivity index (χ1v) is 8.04. The fourth-order valence-electron chi connectivity index (χ4n) is 1.98. The quantitative estimate of drug-likeness (QED) is 0.585. The number of ether oxygens (including phenoxy) is 2. The van der Waals surface area contributed by atoms with Crippen LogP contribution in [-0.4, -0.2) is 30.4 Å². The second-order valence-electron chi connectivity index (χ2n) is 5.12. The second kappa shape index (κ2) is 8.94. The van der Waals surface area contributed by atoms with Gasteiger partial charge in [-0.2, -0.15) is 5.10 Å². The number of benzene rings is 2. The maximum Gasteiger partial charge on any atom is 0.277 e. The molecule has 2 aromatic rings. The van der Waals surface area contributed by atoms with Gasteiger partial charge in [-0.3, -0.25) is 4.79 Å². The monoisotopic (exact) mass is 362 g/mol. The molecule has 0 spiro atoms. The normalized spacial score (nSPS) is 10.7. The predicted molar refractivity (Wildman–Crippen MR) is 96.7 cm³/mol.